The first-order valence-electron chi connectivity index (χ1n) is 6.75. The summed E-state index contributed by atoms with van der Waals surface area (Å²) in [4.78, 5) is 8.57. The highest BCUT2D eigenvalue weighted by molar-refractivity contribution is 7.98. The van der Waals surface area contributed by atoms with E-state index in [1.807, 2.05) is 6.26 Å². The molecular weight excluding hydrogens is 308 g/mol. The second-order valence-electron chi connectivity index (χ2n) is 5.44. The van der Waals surface area contributed by atoms with Gasteiger partial charge in [0.2, 0.25) is 0 Å². The number of hydrogen-bond donors (Lipinski definition) is 4. The lowest BCUT2D eigenvalue weighted by Crippen LogP contribution is -2.44. The quantitative estimate of drug-likeness (QED) is 0.449. The minimum absolute atomic E-state index is 0.338. The minimum Gasteiger partial charge on any atom is -0.394 e. The number of anilines is 1. The number of nitrogens with zero attached hydrogens (tertiary/aromatic N) is 3. The molecule has 2 aromatic heterocycles. The maximum absolute atomic E-state index is 10.6. The molecule has 8 nitrogen and oxygen atoms in total. The van der Waals surface area contributed by atoms with Crippen LogP contribution in [-0.4, -0.2) is 60.5 Å². The van der Waals surface area contributed by atoms with Gasteiger partial charge in [-0.15, -0.1) is 0 Å². The molecule has 2 aromatic rings. The van der Waals surface area contributed by atoms with Gasteiger partial charge in [0.15, 0.2) is 11.4 Å². The summed E-state index contributed by atoms with van der Waals surface area (Å²) in [6.45, 7) is 1.07. The average molecular weight is 326 g/mol. The number of nitrogens with two attached hydrogens (primary N) is 1. The highest BCUT2D eigenvalue weighted by Gasteiger charge is 2.53. The third kappa shape index (κ3) is 2.17. The van der Waals surface area contributed by atoms with E-state index in [1.165, 1.54) is 18.7 Å². The van der Waals surface area contributed by atoms with Gasteiger partial charge in [-0.3, -0.25) is 0 Å². The van der Waals surface area contributed by atoms with E-state index in [0.717, 1.165) is 0 Å². The van der Waals surface area contributed by atoms with Gasteiger partial charge in [-0.1, -0.05) is 11.8 Å². The molecule has 3 heterocycles. The van der Waals surface area contributed by atoms with Gasteiger partial charge in [0.1, 0.15) is 29.3 Å². The molecule has 9 heteroatoms. The van der Waals surface area contributed by atoms with Crippen molar-refractivity contribution in [1.29, 1.82) is 0 Å². The molecule has 1 aliphatic heterocycles. The van der Waals surface area contributed by atoms with Gasteiger partial charge in [0.25, 0.3) is 0 Å². The second-order valence-corrected chi connectivity index (χ2v) is 6.21. The first-order chi connectivity index (χ1) is 10.4. The van der Waals surface area contributed by atoms with Crippen molar-refractivity contribution in [1.82, 2.24) is 14.5 Å². The fourth-order valence-corrected chi connectivity index (χ4v) is 3.07. The summed E-state index contributed by atoms with van der Waals surface area (Å²) in [5.41, 5.74) is 4.86. The summed E-state index contributed by atoms with van der Waals surface area (Å²) in [7, 11) is 0. The zero-order valence-electron chi connectivity index (χ0n) is 12.2. The lowest BCUT2D eigenvalue weighted by Gasteiger charge is -2.27. The fourth-order valence-electron chi connectivity index (χ4n) is 2.71. The van der Waals surface area contributed by atoms with Crippen molar-refractivity contribution < 1.29 is 20.1 Å². The Morgan fingerprint density at radius 3 is 2.82 bits per heavy atom. The molecule has 0 radical (unpaired) electrons. The second kappa shape index (κ2) is 5.36. The third-order valence-electron chi connectivity index (χ3n) is 3.95. The van der Waals surface area contributed by atoms with Crippen LogP contribution in [0.4, 0.5) is 5.82 Å². The Kier molecular flexibility index (Phi) is 3.77. The van der Waals surface area contributed by atoms with Crippen molar-refractivity contribution in [3.8, 4) is 0 Å². The van der Waals surface area contributed by atoms with E-state index in [1.54, 1.807) is 16.8 Å². The van der Waals surface area contributed by atoms with E-state index in [4.69, 9.17) is 10.5 Å². The topological polar surface area (TPSA) is 127 Å². The smallest absolute Gasteiger partial charge is 0.191 e. The minimum atomic E-state index is -1.57. The molecule has 1 fully saturated rings. The van der Waals surface area contributed by atoms with Gasteiger partial charge in [-0.2, -0.15) is 0 Å². The van der Waals surface area contributed by atoms with Gasteiger partial charge in [-0.05, 0) is 19.2 Å². The van der Waals surface area contributed by atoms with Crippen LogP contribution < -0.4 is 5.73 Å². The molecule has 120 valence electrons. The number of ether oxygens (including phenoxy) is 1. The third-order valence-corrected chi connectivity index (χ3v) is 4.50. The normalized spacial score (nSPS) is 32.0. The van der Waals surface area contributed by atoms with Gasteiger partial charge in [0.05, 0.1) is 12.0 Å². The summed E-state index contributed by atoms with van der Waals surface area (Å²) >= 11 is 1.35. The van der Waals surface area contributed by atoms with Crippen LogP contribution >= 0.6 is 11.8 Å². The van der Waals surface area contributed by atoms with E-state index in [2.05, 4.69) is 9.97 Å². The lowest BCUT2D eigenvalue weighted by atomic mass is 9.96. The molecular formula is C13H18N4O4S. The predicted molar refractivity (Wildman–Crippen MR) is 81.3 cm³/mol. The van der Waals surface area contributed by atoms with Crippen LogP contribution in [0, 0.1) is 0 Å². The van der Waals surface area contributed by atoms with Crippen molar-refractivity contribution in [3.05, 3.63) is 12.3 Å². The molecule has 0 spiro atoms. The maximum Gasteiger partial charge on any atom is 0.191 e. The standard InChI is InChI=1S/C13H18N4O4S/c1-13(20)8(19)7(5-18)21-11(13)17-4-3-6-9(14)15-12(22-2)16-10(6)17/h3-4,7-8,11,18-20H,5H2,1-2H3,(H2,14,15,16)/t7-,8-,11?,13+/m1/s1. The summed E-state index contributed by atoms with van der Waals surface area (Å²) in [6, 6.07) is 1.73. The van der Waals surface area contributed by atoms with E-state index >= 15 is 0 Å². The van der Waals surface area contributed by atoms with Crippen LogP contribution in [-0.2, 0) is 4.74 Å². The van der Waals surface area contributed by atoms with Crippen LogP contribution in [0.1, 0.15) is 13.2 Å². The van der Waals surface area contributed by atoms with Crippen molar-refractivity contribution in [2.75, 3.05) is 18.6 Å². The Bertz CT molecular complexity index is 705. The van der Waals surface area contributed by atoms with Gasteiger partial charge in [-0.25, -0.2) is 9.97 Å². The Hall–Kier alpha value is -1.39. The summed E-state index contributed by atoms with van der Waals surface area (Å²) in [6.07, 6.45) is 0.546. The number of hydrogen-bond acceptors (Lipinski definition) is 8. The van der Waals surface area contributed by atoms with Crippen molar-refractivity contribution >= 4 is 28.6 Å². The first-order valence-corrected chi connectivity index (χ1v) is 7.97. The van der Waals surface area contributed by atoms with E-state index in [9.17, 15) is 15.3 Å². The van der Waals surface area contributed by atoms with Crippen LogP contribution in [0.5, 0.6) is 0 Å². The number of rotatable bonds is 3. The number of nitrogen functional groups attached to an aromatic ring is 1. The molecule has 1 saturated heterocycles. The molecule has 0 aromatic carbocycles. The number of aliphatic hydroxyl groups excluding tert-OH is 2. The van der Waals surface area contributed by atoms with Gasteiger partial charge >= 0.3 is 0 Å². The van der Waals surface area contributed by atoms with Crippen LogP contribution in [0.15, 0.2) is 17.4 Å². The number of thioether (sulfide) groups is 1. The van der Waals surface area contributed by atoms with Gasteiger partial charge in [0, 0.05) is 6.20 Å². The Balaban J connectivity index is 2.12. The number of fused-ring (bicyclic) bond motifs is 1. The molecule has 0 saturated carbocycles. The van der Waals surface area contributed by atoms with Crippen molar-refractivity contribution in [3.63, 3.8) is 0 Å². The molecule has 0 amide bonds. The fraction of sp³-hybridized carbons (Fsp3) is 0.538. The zero-order chi connectivity index (χ0) is 16.1. The molecule has 1 unspecified atom stereocenters. The average Bonchev–Trinajstić information content (AvgIpc) is 3.00. The number of aliphatic hydroxyl groups is 3. The lowest BCUT2D eigenvalue weighted by molar-refractivity contribution is -0.0948. The van der Waals surface area contributed by atoms with E-state index < -0.39 is 24.0 Å². The van der Waals surface area contributed by atoms with E-state index in [-0.39, 0.29) is 6.61 Å². The van der Waals surface area contributed by atoms with Crippen LogP contribution in [0.3, 0.4) is 0 Å². The summed E-state index contributed by atoms with van der Waals surface area (Å²) < 4.78 is 7.21. The molecule has 4 atom stereocenters. The van der Waals surface area contributed by atoms with E-state index in [0.29, 0.717) is 22.0 Å². The molecule has 5 N–H and O–H groups in total. The predicted octanol–water partition coefficient (Wildman–Crippen LogP) is -0.263. The van der Waals surface area contributed by atoms with Crippen molar-refractivity contribution in [2.45, 2.75) is 36.1 Å². The Labute approximate surface area is 130 Å². The van der Waals surface area contributed by atoms with Gasteiger partial charge < -0.3 is 30.4 Å². The highest BCUT2D eigenvalue weighted by Crippen LogP contribution is 2.40. The summed E-state index contributed by atoms with van der Waals surface area (Å²) in [5, 5.41) is 31.1. The molecule has 0 bridgehead atoms. The van der Waals surface area contributed by atoms with Crippen molar-refractivity contribution in [2.24, 2.45) is 0 Å². The maximum atomic E-state index is 10.6. The van der Waals surface area contributed by atoms with Crippen LogP contribution in [0.2, 0.25) is 0 Å². The molecule has 0 aliphatic carbocycles. The number of aromatic nitrogens is 3. The SMILES string of the molecule is CSc1nc(N)c2ccn(C3O[C@H](CO)[C@@H](O)[C@]3(C)O)c2n1. The Morgan fingerprint density at radius 1 is 1.50 bits per heavy atom. The first kappa shape index (κ1) is 15.5. The molecule has 1 aliphatic rings. The zero-order valence-corrected chi connectivity index (χ0v) is 13.0. The highest BCUT2D eigenvalue weighted by atomic mass is 32.2. The Morgan fingerprint density at radius 2 is 2.23 bits per heavy atom. The molecule has 3 rings (SSSR count). The van der Waals surface area contributed by atoms with Crippen LogP contribution in [0.25, 0.3) is 11.0 Å². The molecule has 22 heavy (non-hydrogen) atoms. The summed E-state index contributed by atoms with van der Waals surface area (Å²) in [5.74, 6) is 0.338. The largest absolute Gasteiger partial charge is 0.394 e. The monoisotopic (exact) mass is 326 g/mol.